The van der Waals surface area contributed by atoms with E-state index in [1.807, 2.05) is 13.8 Å². The van der Waals surface area contributed by atoms with E-state index in [-0.39, 0.29) is 5.97 Å². The zero-order valence-corrected chi connectivity index (χ0v) is 11.0. The van der Waals surface area contributed by atoms with Gasteiger partial charge in [-0.1, -0.05) is 6.92 Å². The Labute approximate surface area is 103 Å². The van der Waals surface area contributed by atoms with Gasteiger partial charge in [0.2, 0.25) is 0 Å². The molecule has 2 aliphatic heterocycles. The molecule has 2 fully saturated rings. The molecule has 3 unspecified atom stereocenters. The summed E-state index contributed by atoms with van der Waals surface area (Å²) in [5.41, 5.74) is -1.71. The van der Waals surface area contributed by atoms with E-state index in [9.17, 15) is 9.90 Å². The number of nitrogens with one attached hydrogen (secondary N) is 1. The summed E-state index contributed by atoms with van der Waals surface area (Å²) in [5.74, 6) is -0.288. The molecule has 0 aromatic heterocycles. The van der Waals surface area contributed by atoms with Gasteiger partial charge in [0.25, 0.3) is 0 Å². The lowest BCUT2D eigenvalue weighted by Gasteiger charge is -2.47. The minimum absolute atomic E-state index is 0.288. The third-order valence-electron chi connectivity index (χ3n) is 4.87. The van der Waals surface area contributed by atoms with Crippen molar-refractivity contribution in [2.24, 2.45) is 5.41 Å². The third kappa shape index (κ3) is 1.87. The largest absolute Gasteiger partial charge is 0.469 e. The number of carbonyl (C=O) groups excluding carboxylic acids is 1. The topological polar surface area (TPSA) is 58.6 Å². The fraction of sp³-hybridized carbons (Fsp3) is 0.923. The summed E-state index contributed by atoms with van der Waals surface area (Å²) in [7, 11) is 1.40. The third-order valence-corrected chi connectivity index (χ3v) is 4.87. The number of piperidine rings is 1. The molecule has 0 aliphatic carbocycles. The minimum atomic E-state index is -0.925. The van der Waals surface area contributed by atoms with E-state index in [1.54, 1.807) is 0 Å². The Balaban J connectivity index is 2.26. The maximum Gasteiger partial charge on any atom is 0.314 e. The molecule has 98 valence electrons. The molecule has 2 rings (SSSR count). The number of fused-ring (bicyclic) bond motifs is 2. The Bertz CT molecular complexity index is 306. The number of rotatable bonds is 3. The molecule has 2 aliphatic rings. The van der Waals surface area contributed by atoms with Gasteiger partial charge in [-0.15, -0.1) is 0 Å². The van der Waals surface area contributed by atoms with Crippen LogP contribution < -0.4 is 5.32 Å². The van der Waals surface area contributed by atoms with E-state index in [4.69, 9.17) is 4.74 Å². The Morgan fingerprint density at radius 2 is 2.00 bits per heavy atom. The van der Waals surface area contributed by atoms with Crippen molar-refractivity contribution in [3.05, 3.63) is 0 Å². The normalized spacial score (nSPS) is 39.8. The maximum atomic E-state index is 12.0. The lowest BCUT2D eigenvalue weighted by molar-refractivity contribution is -0.177. The van der Waals surface area contributed by atoms with Gasteiger partial charge in [-0.25, -0.2) is 0 Å². The van der Waals surface area contributed by atoms with Crippen LogP contribution in [-0.2, 0) is 9.53 Å². The first-order valence-corrected chi connectivity index (χ1v) is 6.52. The first kappa shape index (κ1) is 12.8. The lowest BCUT2D eigenvalue weighted by atomic mass is 9.65. The van der Waals surface area contributed by atoms with Gasteiger partial charge in [0.15, 0.2) is 0 Å². The van der Waals surface area contributed by atoms with Gasteiger partial charge < -0.3 is 15.2 Å². The molecular formula is C13H23NO3. The SMILES string of the molecule is CCC(C)(C(=O)OC)C1(O)CC2CCC(C1)N2. The number of hydrogen-bond acceptors (Lipinski definition) is 4. The molecule has 2 saturated heterocycles. The van der Waals surface area contributed by atoms with Crippen molar-refractivity contribution in [1.29, 1.82) is 0 Å². The van der Waals surface area contributed by atoms with Gasteiger partial charge in [-0.05, 0) is 39.0 Å². The zero-order chi connectivity index (χ0) is 12.7. The second-order valence-corrected chi connectivity index (χ2v) is 5.75. The molecular weight excluding hydrogens is 218 g/mol. The predicted molar refractivity (Wildman–Crippen MR) is 64.5 cm³/mol. The van der Waals surface area contributed by atoms with Crippen LogP contribution in [0.2, 0.25) is 0 Å². The van der Waals surface area contributed by atoms with Gasteiger partial charge in [0.05, 0.1) is 18.1 Å². The molecule has 0 radical (unpaired) electrons. The zero-order valence-electron chi connectivity index (χ0n) is 11.0. The molecule has 0 saturated carbocycles. The summed E-state index contributed by atoms with van der Waals surface area (Å²) in [5, 5.41) is 14.4. The van der Waals surface area contributed by atoms with E-state index < -0.39 is 11.0 Å². The molecule has 4 heteroatoms. The number of carbonyl (C=O) groups is 1. The summed E-state index contributed by atoms with van der Waals surface area (Å²) < 4.78 is 4.90. The van der Waals surface area contributed by atoms with Crippen LogP contribution in [0.25, 0.3) is 0 Å². The van der Waals surface area contributed by atoms with E-state index in [0.717, 1.165) is 12.8 Å². The minimum Gasteiger partial charge on any atom is -0.469 e. The molecule has 2 heterocycles. The second kappa shape index (κ2) is 4.25. The van der Waals surface area contributed by atoms with Crippen molar-refractivity contribution in [2.75, 3.05) is 7.11 Å². The smallest absolute Gasteiger partial charge is 0.314 e. The number of ether oxygens (including phenoxy) is 1. The van der Waals surface area contributed by atoms with Crippen LogP contribution in [0.4, 0.5) is 0 Å². The fourth-order valence-corrected chi connectivity index (χ4v) is 3.46. The average Bonchev–Trinajstić information content (AvgIpc) is 2.66. The van der Waals surface area contributed by atoms with E-state index in [1.165, 1.54) is 7.11 Å². The summed E-state index contributed by atoms with van der Waals surface area (Å²) >= 11 is 0. The Morgan fingerprint density at radius 3 is 2.41 bits per heavy atom. The number of esters is 1. The monoisotopic (exact) mass is 241 g/mol. The average molecular weight is 241 g/mol. The summed E-state index contributed by atoms with van der Waals surface area (Å²) in [6.45, 7) is 3.78. The van der Waals surface area contributed by atoms with Crippen LogP contribution in [0.5, 0.6) is 0 Å². The molecule has 4 nitrogen and oxygen atoms in total. The van der Waals surface area contributed by atoms with Gasteiger partial charge in [0.1, 0.15) is 0 Å². The highest BCUT2D eigenvalue weighted by Crippen LogP contribution is 2.47. The van der Waals surface area contributed by atoms with Crippen molar-refractivity contribution in [1.82, 2.24) is 5.32 Å². The highest BCUT2D eigenvalue weighted by Gasteiger charge is 2.56. The molecule has 2 bridgehead atoms. The van der Waals surface area contributed by atoms with Crippen LogP contribution >= 0.6 is 0 Å². The van der Waals surface area contributed by atoms with Crippen LogP contribution in [-0.4, -0.2) is 35.9 Å². The van der Waals surface area contributed by atoms with E-state index >= 15 is 0 Å². The maximum absolute atomic E-state index is 12.0. The molecule has 3 atom stereocenters. The standard InChI is InChI=1S/C13H23NO3/c1-4-12(2,11(15)17-3)13(16)7-9-5-6-10(8-13)14-9/h9-10,14,16H,4-8H2,1-3H3. The van der Waals surface area contributed by atoms with Crippen LogP contribution in [0, 0.1) is 5.41 Å². The highest BCUT2D eigenvalue weighted by molar-refractivity contribution is 5.78. The number of aliphatic hydroxyl groups is 1. The highest BCUT2D eigenvalue weighted by atomic mass is 16.5. The Kier molecular flexibility index (Phi) is 3.21. The molecule has 0 amide bonds. The fourth-order valence-electron chi connectivity index (χ4n) is 3.46. The van der Waals surface area contributed by atoms with Gasteiger partial charge in [-0.3, -0.25) is 4.79 Å². The molecule has 0 aromatic rings. The Morgan fingerprint density at radius 1 is 1.47 bits per heavy atom. The lowest BCUT2D eigenvalue weighted by Crippen LogP contribution is -2.59. The summed E-state index contributed by atoms with van der Waals surface area (Å²) in [4.78, 5) is 12.0. The summed E-state index contributed by atoms with van der Waals surface area (Å²) in [6.07, 6.45) is 4.13. The number of methoxy groups -OCH3 is 1. The molecule has 2 N–H and O–H groups in total. The quantitative estimate of drug-likeness (QED) is 0.729. The van der Waals surface area contributed by atoms with Crippen LogP contribution in [0.1, 0.15) is 46.0 Å². The van der Waals surface area contributed by atoms with Gasteiger partial charge >= 0.3 is 5.97 Å². The summed E-state index contributed by atoms with van der Waals surface area (Å²) in [6, 6.07) is 0.712. The number of hydrogen-bond donors (Lipinski definition) is 2. The van der Waals surface area contributed by atoms with E-state index in [2.05, 4.69) is 5.32 Å². The van der Waals surface area contributed by atoms with Crippen molar-refractivity contribution < 1.29 is 14.6 Å². The predicted octanol–water partition coefficient (Wildman–Crippen LogP) is 1.22. The first-order chi connectivity index (χ1) is 7.95. The van der Waals surface area contributed by atoms with Gasteiger partial charge in [-0.2, -0.15) is 0 Å². The molecule has 0 spiro atoms. The van der Waals surface area contributed by atoms with Gasteiger partial charge in [0, 0.05) is 12.1 Å². The molecule has 17 heavy (non-hydrogen) atoms. The molecule has 0 aromatic carbocycles. The van der Waals surface area contributed by atoms with Crippen molar-refractivity contribution in [3.8, 4) is 0 Å². The Hall–Kier alpha value is -0.610. The first-order valence-electron chi connectivity index (χ1n) is 6.52. The van der Waals surface area contributed by atoms with Crippen LogP contribution in [0.15, 0.2) is 0 Å². The van der Waals surface area contributed by atoms with Crippen LogP contribution in [0.3, 0.4) is 0 Å². The second-order valence-electron chi connectivity index (χ2n) is 5.75. The van der Waals surface area contributed by atoms with Crippen molar-refractivity contribution in [2.45, 2.75) is 63.6 Å². The van der Waals surface area contributed by atoms with E-state index in [0.29, 0.717) is 31.3 Å². The van der Waals surface area contributed by atoms with Crippen molar-refractivity contribution >= 4 is 5.97 Å². The van der Waals surface area contributed by atoms with Crippen molar-refractivity contribution in [3.63, 3.8) is 0 Å².